The lowest BCUT2D eigenvalue weighted by Crippen LogP contribution is -2.28. The summed E-state index contributed by atoms with van der Waals surface area (Å²) < 4.78 is 5.72. The minimum absolute atomic E-state index is 0.121. The van der Waals surface area contributed by atoms with Crippen molar-refractivity contribution in [2.24, 2.45) is 0 Å². The molecule has 0 aliphatic carbocycles. The molecule has 1 amide bonds. The highest BCUT2D eigenvalue weighted by molar-refractivity contribution is 6.01. The molecule has 2 aromatic rings. The lowest BCUT2D eigenvalue weighted by Gasteiger charge is -2.13. The molecule has 0 N–H and O–H groups in total. The summed E-state index contributed by atoms with van der Waals surface area (Å²) in [5.74, 6) is 1.03. The summed E-state index contributed by atoms with van der Waals surface area (Å²) in [6.07, 6.45) is 3.53. The van der Waals surface area contributed by atoms with Crippen molar-refractivity contribution < 1.29 is 9.21 Å². The van der Waals surface area contributed by atoms with E-state index in [2.05, 4.69) is 0 Å². The average molecular weight is 292 g/mol. The Morgan fingerprint density at radius 2 is 1.86 bits per heavy atom. The van der Waals surface area contributed by atoms with Crippen LogP contribution in [0.15, 0.2) is 52.5 Å². The molecule has 1 fully saturated rings. The van der Waals surface area contributed by atoms with Crippen molar-refractivity contribution in [2.45, 2.75) is 12.8 Å². The Labute approximate surface area is 129 Å². The Bertz CT molecular complexity index is 732. The first-order valence-electron chi connectivity index (χ1n) is 7.34. The predicted octanol–water partition coefficient (Wildman–Crippen LogP) is 3.48. The van der Waals surface area contributed by atoms with Crippen LogP contribution in [0.3, 0.4) is 0 Å². The van der Waals surface area contributed by atoms with Crippen molar-refractivity contribution in [3.63, 3.8) is 0 Å². The van der Waals surface area contributed by atoms with Crippen molar-refractivity contribution >= 4 is 12.0 Å². The van der Waals surface area contributed by atoms with E-state index in [0.717, 1.165) is 37.3 Å². The molecule has 1 saturated heterocycles. The maximum atomic E-state index is 12.3. The van der Waals surface area contributed by atoms with E-state index >= 15 is 0 Å². The van der Waals surface area contributed by atoms with E-state index in [9.17, 15) is 10.1 Å². The number of rotatable bonds is 3. The van der Waals surface area contributed by atoms with Gasteiger partial charge in [-0.15, -0.1) is 0 Å². The van der Waals surface area contributed by atoms with Crippen LogP contribution >= 0.6 is 0 Å². The first kappa shape index (κ1) is 14.2. The lowest BCUT2D eigenvalue weighted by molar-refractivity contribution is -0.125. The van der Waals surface area contributed by atoms with E-state index in [1.165, 1.54) is 6.08 Å². The topological polar surface area (TPSA) is 57.2 Å². The highest BCUT2D eigenvalue weighted by Crippen LogP contribution is 2.23. The first-order chi connectivity index (χ1) is 10.8. The number of nitrogens with zero attached hydrogens (tertiary/aromatic N) is 2. The summed E-state index contributed by atoms with van der Waals surface area (Å²) in [5.41, 5.74) is 1.09. The third-order valence-corrected chi connectivity index (χ3v) is 3.72. The normalized spacial score (nSPS) is 14.9. The molecule has 1 aromatic carbocycles. The quantitative estimate of drug-likeness (QED) is 0.643. The average Bonchev–Trinajstić information content (AvgIpc) is 3.24. The van der Waals surface area contributed by atoms with Crippen LogP contribution in [0.4, 0.5) is 0 Å². The highest BCUT2D eigenvalue weighted by Gasteiger charge is 2.21. The summed E-state index contributed by atoms with van der Waals surface area (Å²) in [5, 5.41) is 9.23. The molecule has 1 aromatic heterocycles. The second-order valence-corrected chi connectivity index (χ2v) is 5.24. The van der Waals surface area contributed by atoms with Gasteiger partial charge in [-0.1, -0.05) is 30.3 Å². The third kappa shape index (κ3) is 2.94. The molecule has 1 aliphatic heterocycles. The maximum absolute atomic E-state index is 12.3. The van der Waals surface area contributed by atoms with E-state index in [1.807, 2.05) is 42.5 Å². The lowest BCUT2D eigenvalue weighted by atomic mass is 10.2. The van der Waals surface area contributed by atoms with Crippen molar-refractivity contribution in [3.8, 4) is 17.4 Å². The number of likely N-dealkylation sites (tertiary alicyclic amines) is 1. The van der Waals surface area contributed by atoms with Gasteiger partial charge in [0.15, 0.2) is 0 Å². The number of benzene rings is 1. The number of nitriles is 1. The molecule has 3 rings (SSSR count). The summed E-state index contributed by atoms with van der Waals surface area (Å²) in [6.45, 7) is 1.45. The molecule has 0 atom stereocenters. The van der Waals surface area contributed by atoms with Crippen LogP contribution in [0.2, 0.25) is 0 Å². The van der Waals surface area contributed by atoms with Gasteiger partial charge in [-0.3, -0.25) is 4.79 Å². The Balaban J connectivity index is 1.83. The molecule has 4 heteroatoms. The Kier molecular flexibility index (Phi) is 4.06. The molecule has 0 saturated carbocycles. The van der Waals surface area contributed by atoms with Gasteiger partial charge < -0.3 is 9.32 Å². The zero-order valence-electron chi connectivity index (χ0n) is 12.2. The summed E-state index contributed by atoms with van der Waals surface area (Å²) in [4.78, 5) is 14.0. The molecule has 0 spiro atoms. The van der Waals surface area contributed by atoms with E-state index in [-0.39, 0.29) is 11.5 Å². The Morgan fingerprint density at radius 3 is 2.55 bits per heavy atom. The summed E-state index contributed by atoms with van der Waals surface area (Å²) >= 11 is 0. The van der Waals surface area contributed by atoms with Gasteiger partial charge in [-0.2, -0.15) is 5.26 Å². The monoisotopic (exact) mass is 292 g/mol. The standard InChI is InChI=1S/C18H16N2O2/c19-13-15(18(21)20-10-4-5-11-20)12-16-8-9-17(22-16)14-6-2-1-3-7-14/h1-3,6-9,12H,4-5,10-11H2/b15-12+. The molecule has 2 heterocycles. The minimum Gasteiger partial charge on any atom is -0.457 e. The molecule has 22 heavy (non-hydrogen) atoms. The summed E-state index contributed by atoms with van der Waals surface area (Å²) in [6, 6.07) is 15.3. The molecule has 0 radical (unpaired) electrons. The predicted molar refractivity (Wildman–Crippen MR) is 83.5 cm³/mol. The molecule has 0 bridgehead atoms. The molecule has 0 unspecified atom stereocenters. The van der Waals surface area contributed by atoms with E-state index < -0.39 is 0 Å². The van der Waals surface area contributed by atoms with Crippen LogP contribution in [0.25, 0.3) is 17.4 Å². The van der Waals surface area contributed by atoms with Gasteiger partial charge in [0, 0.05) is 24.7 Å². The number of carbonyl (C=O) groups is 1. The van der Waals surface area contributed by atoms with Crippen molar-refractivity contribution in [2.75, 3.05) is 13.1 Å². The van der Waals surface area contributed by atoms with Gasteiger partial charge in [0.1, 0.15) is 23.2 Å². The molecular weight excluding hydrogens is 276 g/mol. The molecule has 4 nitrogen and oxygen atoms in total. The second-order valence-electron chi connectivity index (χ2n) is 5.24. The number of hydrogen-bond donors (Lipinski definition) is 0. The van der Waals surface area contributed by atoms with Gasteiger partial charge >= 0.3 is 0 Å². The van der Waals surface area contributed by atoms with Crippen molar-refractivity contribution in [1.29, 1.82) is 5.26 Å². The van der Waals surface area contributed by atoms with Gasteiger partial charge in [0.25, 0.3) is 5.91 Å². The number of furan rings is 1. The summed E-state index contributed by atoms with van der Waals surface area (Å²) in [7, 11) is 0. The van der Waals surface area contributed by atoms with E-state index in [0.29, 0.717) is 5.76 Å². The van der Waals surface area contributed by atoms with E-state index in [4.69, 9.17) is 4.42 Å². The van der Waals surface area contributed by atoms with Gasteiger partial charge in [0.2, 0.25) is 0 Å². The third-order valence-electron chi connectivity index (χ3n) is 3.72. The fourth-order valence-corrected chi connectivity index (χ4v) is 2.56. The Hall–Kier alpha value is -2.80. The van der Waals surface area contributed by atoms with Crippen LogP contribution in [0.1, 0.15) is 18.6 Å². The van der Waals surface area contributed by atoms with Crippen LogP contribution in [0.5, 0.6) is 0 Å². The van der Waals surface area contributed by atoms with Crippen molar-refractivity contribution in [1.82, 2.24) is 4.90 Å². The van der Waals surface area contributed by atoms with E-state index in [1.54, 1.807) is 11.0 Å². The zero-order chi connectivity index (χ0) is 15.4. The van der Waals surface area contributed by atoms with Gasteiger partial charge in [0.05, 0.1) is 0 Å². The number of hydrogen-bond acceptors (Lipinski definition) is 3. The van der Waals surface area contributed by atoms with Gasteiger partial charge in [-0.05, 0) is 25.0 Å². The Morgan fingerprint density at radius 1 is 1.14 bits per heavy atom. The SMILES string of the molecule is N#C/C(=C\c1ccc(-c2ccccc2)o1)C(=O)N1CCCC1. The van der Waals surface area contributed by atoms with Crippen LogP contribution in [-0.2, 0) is 4.79 Å². The highest BCUT2D eigenvalue weighted by atomic mass is 16.3. The molecule has 110 valence electrons. The minimum atomic E-state index is -0.210. The van der Waals surface area contributed by atoms with Crippen LogP contribution in [-0.4, -0.2) is 23.9 Å². The van der Waals surface area contributed by atoms with Gasteiger partial charge in [-0.25, -0.2) is 0 Å². The van der Waals surface area contributed by atoms with Crippen LogP contribution < -0.4 is 0 Å². The number of carbonyl (C=O) groups excluding carboxylic acids is 1. The smallest absolute Gasteiger partial charge is 0.264 e. The maximum Gasteiger partial charge on any atom is 0.264 e. The number of amides is 1. The first-order valence-corrected chi connectivity index (χ1v) is 7.34. The molecular formula is C18H16N2O2. The fourth-order valence-electron chi connectivity index (χ4n) is 2.56. The zero-order valence-corrected chi connectivity index (χ0v) is 12.2. The van der Waals surface area contributed by atoms with Crippen molar-refractivity contribution in [3.05, 3.63) is 53.8 Å². The largest absolute Gasteiger partial charge is 0.457 e. The van der Waals surface area contributed by atoms with Crippen LogP contribution in [0, 0.1) is 11.3 Å². The molecule has 1 aliphatic rings. The fraction of sp³-hybridized carbons (Fsp3) is 0.222. The second kappa shape index (κ2) is 6.31.